The van der Waals surface area contributed by atoms with Gasteiger partial charge in [-0.1, -0.05) is 31.2 Å². The molecule has 5 rings (SSSR count). The second-order valence-corrected chi connectivity index (χ2v) is 15.2. The van der Waals surface area contributed by atoms with E-state index in [1.54, 1.807) is 25.1 Å². The van der Waals surface area contributed by atoms with E-state index in [1.807, 2.05) is 0 Å². The van der Waals surface area contributed by atoms with Crippen LogP contribution in [0, 0.1) is 17.2 Å². The van der Waals surface area contributed by atoms with Gasteiger partial charge in [-0.05, 0) is 49.7 Å². The molecular weight excluding hydrogens is 643 g/mol. The highest BCUT2D eigenvalue weighted by atomic mass is 32.2. The van der Waals surface area contributed by atoms with Gasteiger partial charge in [0.2, 0.25) is 33.7 Å². The van der Waals surface area contributed by atoms with Crippen molar-refractivity contribution in [2.75, 3.05) is 6.54 Å². The van der Waals surface area contributed by atoms with Gasteiger partial charge in [0.05, 0.1) is 29.8 Å². The van der Waals surface area contributed by atoms with Crippen molar-refractivity contribution in [2.24, 2.45) is 22.8 Å². The summed E-state index contributed by atoms with van der Waals surface area (Å²) >= 11 is 0. The van der Waals surface area contributed by atoms with Crippen molar-refractivity contribution in [3.05, 3.63) is 47.3 Å². The first-order chi connectivity index (χ1) is 22.0. The topological polar surface area (TPSA) is 182 Å². The third kappa shape index (κ3) is 7.91. The molecule has 0 aromatic heterocycles. The minimum atomic E-state index is -3.67. The summed E-state index contributed by atoms with van der Waals surface area (Å²) in [7, 11) is -3.67. The standard InChI is InChI=1S/C31H40F3N5O7S/c1-30(28(42)37-47(44,45)21-8-9-21)14-19(30)6-2-3-11-31(33,34)12-10-24(35)27(41)39-16-20(13-25(39)26(36)40)46-29(43)38-15-18-5-4-7-23(32)22(18)17-38/h2,4-7,19-21,24-25H,3,8-17,35H2,1H3,(H2,36,40)(H,37,42)/b6-2-/t19-,20-,24+,25+,30+/m1/s1. The van der Waals surface area contributed by atoms with Crippen LogP contribution >= 0.6 is 0 Å². The molecule has 2 aliphatic carbocycles. The van der Waals surface area contributed by atoms with E-state index in [-0.39, 0.29) is 44.8 Å². The Hall–Kier alpha value is -3.66. The van der Waals surface area contributed by atoms with E-state index in [9.17, 15) is 40.8 Å². The Morgan fingerprint density at radius 3 is 2.57 bits per heavy atom. The number of benzene rings is 1. The van der Waals surface area contributed by atoms with Gasteiger partial charge in [-0.2, -0.15) is 0 Å². The third-order valence-electron chi connectivity index (χ3n) is 9.53. The summed E-state index contributed by atoms with van der Waals surface area (Å²) in [6, 6.07) is 2.03. The first kappa shape index (κ1) is 34.7. The maximum atomic E-state index is 14.7. The van der Waals surface area contributed by atoms with Crippen LogP contribution < -0.4 is 16.2 Å². The van der Waals surface area contributed by atoms with Crippen molar-refractivity contribution in [3.8, 4) is 0 Å². The molecule has 0 bridgehead atoms. The molecule has 3 fully saturated rings. The van der Waals surface area contributed by atoms with Crippen LogP contribution in [0.5, 0.6) is 0 Å². The van der Waals surface area contributed by atoms with E-state index in [2.05, 4.69) is 4.72 Å². The second-order valence-electron chi connectivity index (χ2n) is 13.3. The number of primary amides is 1. The quantitative estimate of drug-likeness (QED) is 0.265. The summed E-state index contributed by atoms with van der Waals surface area (Å²) in [6.45, 7) is 1.58. The predicted molar refractivity (Wildman–Crippen MR) is 162 cm³/mol. The average Bonchev–Trinajstić information content (AvgIpc) is 3.87. The first-order valence-electron chi connectivity index (χ1n) is 15.7. The lowest BCUT2D eigenvalue weighted by atomic mass is 10.0. The SMILES string of the molecule is C[C@]1(C(=O)NS(=O)(=O)C2CC2)C[C@H]1/C=C\CCC(F)(F)CC[C@H](N)C(=O)N1C[C@H](OC(=O)N2Cc3cccc(F)c3C2)C[C@H]1C(N)=O. The van der Waals surface area contributed by atoms with Crippen LogP contribution in [0.25, 0.3) is 0 Å². The number of likely N-dealkylation sites (tertiary alicyclic amines) is 1. The van der Waals surface area contributed by atoms with Gasteiger partial charge in [0.15, 0.2) is 0 Å². The number of carbonyl (C=O) groups is 4. The maximum Gasteiger partial charge on any atom is 0.410 e. The fourth-order valence-corrected chi connectivity index (χ4v) is 7.57. The number of amides is 4. The first-order valence-corrected chi connectivity index (χ1v) is 17.2. The van der Waals surface area contributed by atoms with Gasteiger partial charge >= 0.3 is 6.09 Å². The van der Waals surface area contributed by atoms with Crippen LogP contribution in [0.4, 0.5) is 18.0 Å². The lowest BCUT2D eigenvalue weighted by Crippen LogP contribution is -2.50. The molecular formula is C31H40F3N5O7S. The molecule has 4 aliphatic rings. The second kappa shape index (κ2) is 13.1. The molecule has 0 radical (unpaired) electrons. The summed E-state index contributed by atoms with van der Waals surface area (Å²) in [5.41, 5.74) is 11.6. The molecule has 16 heteroatoms. The van der Waals surface area contributed by atoms with Gasteiger partial charge in [-0.3, -0.25) is 24.0 Å². The summed E-state index contributed by atoms with van der Waals surface area (Å²) in [5, 5.41) is -0.525. The van der Waals surface area contributed by atoms with Crippen molar-refractivity contribution in [3.63, 3.8) is 0 Å². The Labute approximate surface area is 271 Å². The molecule has 0 unspecified atom stereocenters. The van der Waals surface area contributed by atoms with Crippen LogP contribution in [-0.2, 0) is 42.2 Å². The molecule has 2 saturated carbocycles. The number of sulfonamides is 1. The third-order valence-corrected chi connectivity index (χ3v) is 11.3. The molecule has 5 atom stereocenters. The van der Waals surface area contributed by atoms with E-state index in [0.717, 1.165) is 4.90 Å². The zero-order valence-corrected chi connectivity index (χ0v) is 26.8. The monoisotopic (exact) mass is 683 g/mol. The maximum absolute atomic E-state index is 14.7. The number of rotatable bonds is 13. The number of fused-ring (bicyclic) bond motifs is 1. The predicted octanol–water partition coefficient (Wildman–Crippen LogP) is 2.45. The number of nitrogens with one attached hydrogen (secondary N) is 1. The summed E-state index contributed by atoms with van der Waals surface area (Å²) in [5.74, 6) is -6.07. The molecule has 258 valence electrons. The van der Waals surface area contributed by atoms with Gasteiger partial charge in [-0.25, -0.2) is 26.4 Å². The van der Waals surface area contributed by atoms with E-state index >= 15 is 0 Å². The van der Waals surface area contributed by atoms with Crippen molar-refractivity contribution in [1.29, 1.82) is 0 Å². The smallest absolute Gasteiger partial charge is 0.410 e. The number of halogens is 3. The average molecular weight is 684 g/mol. The minimum absolute atomic E-state index is 0.00815. The summed E-state index contributed by atoms with van der Waals surface area (Å²) in [6.07, 6.45) is 1.29. The van der Waals surface area contributed by atoms with Gasteiger partial charge < -0.3 is 21.1 Å². The van der Waals surface area contributed by atoms with Crippen LogP contribution in [-0.4, -0.2) is 77.9 Å². The van der Waals surface area contributed by atoms with Gasteiger partial charge in [-0.15, -0.1) is 0 Å². The minimum Gasteiger partial charge on any atom is -0.444 e. The fraction of sp³-hybridized carbons (Fsp3) is 0.613. The van der Waals surface area contributed by atoms with E-state index < -0.39 is 87.3 Å². The van der Waals surface area contributed by atoms with Gasteiger partial charge in [0, 0.05) is 31.4 Å². The van der Waals surface area contributed by atoms with Gasteiger partial charge in [0.25, 0.3) is 0 Å². The number of nitrogens with zero attached hydrogens (tertiary/aromatic N) is 2. The number of allylic oxidation sites excluding steroid dienone is 2. The zero-order chi connectivity index (χ0) is 34.3. The van der Waals surface area contributed by atoms with Gasteiger partial charge in [0.1, 0.15) is 18.0 Å². The number of alkyl halides is 2. The summed E-state index contributed by atoms with van der Waals surface area (Å²) < 4.78 is 75.2. The zero-order valence-electron chi connectivity index (χ0n) is 26.0. The van der Waals surface area contributed by atoms with E-state index in [0.29, 0.717) is 30.4 Å². The Kier molecular flexibility index (Phi) is 9.66. The highest BCUT2D eigenvalue weighted by Crippen LogP contribution is 2.53. The number of hydrogen-bond donors (Lipinski definition) is 3. The molecule has 1 aromatic rings. The summed E-state index contributed by atoms with van der Waals surface area (Å²) in [4.78, 5) is 52.8. The molecule has 4 amide bonds. The van der Waals surface area contributed by atoms with Crippen molar-refractivity contribution in [2.45, 2.75) is 101 Å². The number of hydrogen-bond acceptors (Lipinski definition) is 8. The molecule has 0 spiro atoms. The van der Waals surface area contributed by atoms with Crippen LogP contribution in [0.3, 0.4) is 0 Å². The van der Waals surface area contributed by atoms with E-state index in [4.69, 9.17) is 16.2 Å². The number of nitrogens with two attached hydrogens (primary N) is 2. The van der Waals surface area contributed by atoms with Crippen LogP contribution in [0.1, 0.15) is 69.4 Å². The molecule has 1 saturated heterocycles. The Morgan fingerprint density at radius 1 is 1.19 bits per heavy atom. The lowest BCUT2D eigenvalue weighted by molar-refractivity contribution is -0.139. The molecule has 2 aliphatic heterocycles. The van der Waals surface area contributed by atoms with Crippen molar-refractivity contribution >= 4 is 33.8 Å². The van der Waals surface area contributed by atoms with E-state index in [1.165, 1.54) is 17.0 Å². The molecule has 1 aromatic carbocycles. The molecule has 12 nitrogen and oxygen atoms in total. The molecule has 5 N–H and O–H groups in total. The Bertz CT molecular complexity index is 1570. The largest absolute Gasteiger partial charge is 0.444 e. The Morgan fingerprint density at radius 2 is 1.91 bits per heavy atom. The highest BCUT2D eigenvalue weighted by molar-refractivity contribution is 7.90. The number of carbonyl (C=O) groups excluding carboxylic acids is 4. The van der Waals surface area contributed by atoms with Crippen molar-refractivity contribution in [1.82, 2.24) is 14.5 Å². The number of ether oxygens (including phenoxy) is 1. The van der Waals surface area contributed by atoms with Crippen molar-refractivity contribution < 1.29 is 45.5 Å². The molecule has 2 heterocycles. The van der Waals surface area contributed by atoms with Crippen LogP contribution in [0.15, 0.2) is 30.4 Å². The highest BCUT2D eigenvalue weighted by Gasteiger charge is 2.56. The fourth-order valence-electron chi connectivity index (χ4n) is 6.15. The molecule has 47 heavy (non-hydrogen) atoms. The van der Waals surface area contributed by atoms with Crippen LogP contribution in [0.2, 0.25) is 0 Å². The Balaban J connectivity index is 1.05. The normalized spacial score (nSPS) is 26.3. The lowest BCUT2D eigenvalue weighted by Gasteiger charge is -2.26.